The van der Waals surface area contributed by atoms with Crippen LogP contribution >= 0.6 is 11.8 Å². The predicted octanol–water partition coefficient (Wildman–Crippen LogP) is 5.77. The van der Waals surface area contributed by atoms with Crippen molar-refractivity contribution in [2.75, 3.05) is 12.9 Å². The first kappa shape index (κ1) is 23.8. The third-order valence-electron chi connectivity index (χ3n) is 5.06. The number of aromatic nitrogens is 5. The molecule has 11 heteroatoms. The Bertz CT molecular complexity index is 1240. The standard InChI is InChI=1S/C23H22F3N5O2S/c1-3-31-21(15-9-11-18(32-2)12-10-15)28-29-22(31)34-13-5-8-19-27-20(30-33-19)16-6-4-7-17(14-16)23(24,25)26/h4,6-7,9-12,14H,3,5,8,13H2,1-2H3. The Morgan fingerprint density at radius 2 is 1.85 bits per heavy atom. The number of hydrogen-bond donors (Lipinski definition) is 0. The molecular weight excluding hydrogens is 467 g/mol. The van der Waals surface area contributed by atoms with Crippen LogP contribution in [0.25, 0.3) is 22.8 Å². The Morgan fingerprint density at radius 1 is 1.06 bits per heavy atom. The minimum atomic E-state index is -4.42. The van der Waals surface area contributed by atoms with Crippen LogP contribution in [-0.4, -0.2) is 37.8 Å². The van der Waals surface area contributed by atoms with Gasteiger partial charge in [-0.2, -0.15) is 18.2 Å². The number of aryl methyl sites for hydroxylation is 1. The van der Waals surface area contributed by atoms with E-state index in [-0.39, 0.29) is 11.4 Å². The largest absolute Gasteiger partial charge is 0.497 e. The number of halogens is 3. The van der Waals surface area contributed by atoms with E-state index in [2.05, 4.69) is 20.3 Å². The summed E-state index contributed by atoms with van der Waals surface area (Å²) in [6.45, 7) is 2.76. The van der Waals surface area contributed by atoms with E-state index in [0.29, 0.717) is 12.3 Å². The molecule has 34 heavy (non-hydrogen) atoms. The van der Waals surface area contributed by atoms with Crippen molar-refractivity contribution in [3.63, 3.8) is 0 Å². The zero-order valence-electron chi connectivity index (χ0n) is 18.5. The highest BCUT2D eigenvalue weighted by Gasteiger charge is 2.30. The Morgan fingerprint density at radius 3 is 2.56 bits per heavy atom. The molecule has 0 amide bonds. The van der Waals surface area contributed by atoms with Gasteiger partial charge in [0.15, 0.2) is 11.0 Å². The minimum Gasteiger partial charge on any atom is -0.497 e. The lowest BCUT2D eigenvalue weighted by Crippen LogP contribution is -2.04. The Kier molecular flexibility index (Phi) is 7.20. The van der Waals surface area contributed by atoms with Crippen molar-refractivity contribution in [2.24, 2.45) is 0 Å². The van der Waals surface area contributed by atoms with Crippen molar-refractivity contribution in [1.29, 1.82) is 0 Å². The third-order valence-corrected chi connectivity index (χ3v) is 6.12. The highest BCUT2D eigenvalue weighted by molar-refractivity contribution is 7.99. The van der Waals surface area contributed by atoms with E-state index in [9.17, 15) is 13.2 Å². The second-order valence-electron chi connectivity index (χ2n) is 7.32. The number of nitrogens with zero attached hydrogens (tertiary/aromatic N) is 5. The van der Waals surface area contributed by atoms with E-state index < -0.39 is 11.7 Å². The second-order valence-corrected chi connectivity index (χ2v) is 8.38. The molecule has 0 bridgehead atoms. The summed E-state index contributed by atoms with van der Waals surface area (Å²) in [6, 6.07) is 12.5. The third kappa shape index (κ3) is 5.41. The summed E-state index contributed by atoms with van der Waals surface area (Å²) in [5.74, 6) is 2.82. The Hall–Kier alpha value is -3.34. The van der Waals surface area contributed by atoms with Gasteiger partial charge in [-0.05, 0) is 49.7 Å². The Labute approximate surface area is 198 Å². The van der Waals surface area contributed by atoms with Crippen molar-refractivity contribution in [3.8, 4) is 28.5 Å². The molecule has 0 aliphatic carbocycles. The van der Waals surface area contributed by atoms with Gasteiger partial charge in [0.1, 0.15) is 5.75 Å². The summed E-state index contributed by atoms with van der Waals surface area (Å²) in [4.78, 5) is 4.24. The van der Waals surface area contributed by atoms with E-state index in [1.165, 1.54) is 12.1 Å². The molecule has 0 saturated carbocycles. The fourth-order valence-electron chi connectivity index (χ4n) is 3.33. The lowest BCUT2D eigenvalue weighted by atomic mass is 10.1. The molecule has 2 heterocycles. The lowest BCUT2D eigenvalue weighted by Gasteiger charge is -2.07. The zero-order valence-corrected chi connectivity index (χ0v) is 19.4. The van der Waals surface area contributed by atoms with E-state index in [1.54, 1.807) is 18.9 Å². The van der Waals surface area contributed by atoms with E-state index in [4.69, 9.17) is 9.26 Å². The highest BCUT2D eigenvalue weighted by Crippen LogP contribution is 2.31. The smallest absolute Gasteiger partial charge is 0.416 e. The number of thioether (sulfide) groups is 1. The molecule has 0 fully saturated rings. The zero-order chi connectivity index (χ0) is 24.1. The molecule has 0 aliphatic rings. The molecule has 0 radical (unpaired) electrons. The van der Waals surface area contributed by atoms with Gasteiger partial charge in [0.05, 0.1) is 12.7 Å². The van der Waals surface area contributed by atoms with E-state index in [1.807, 2.05) is 35.8 Å². The van der Waals surface area contributed by atoms with Crippen molar-refractivity contribution < 1.29 is 22.4 Å². The first-order valence-electron chi connectivity index (χ1n) is 10.6. The summed E-state index contributed by atoms with van der Waals surface area (Å²) in [5.41, 5.74) is 0.470. The van der Waals surface area contributed by atoms with Crippen molar-refractivity contribution >= 4 is 11.8 Å². The maximum absolute atomic E-state index is 12.9. The van der Waals surface area contributed by atoms with Crippen molar-refractivity contribution in [1.82, 2.24) is 24.9 Å². The topological polar surface area (TPSA) is 78.9 Å². The van der Waals surface area contributed by atoms with E-state index in [0.717, 1.165) is 53.1 Å². The average molecular weight is 490 g/mol. The molecule has 2 aromatic heterocycles. The van der Waals surface area contributed by atoms with Gasteiger partial charge in [-0.15, -0.1) is 10.2 Å². The maximum Gasteiger partial charge on any atom is 0.416 e. The normalized spacial score (nSPS) is 11.7. The Balaban J connectivity index is 1.35. The van der Waals surface area contributed by atoms with Gasteiger partial charge in [0.25, 0.3) is 0 Å². The van der Waals surface area contributed by atoms with Crippen LogP contribution in [0, 0.1) is 0 Å². The van der Waals surface area contributed by atoms with Crippen LogP contribution in [-0.2, 0) is 19.1 Å². The number of benzene rings is 2. The number of ether oxygens (including phenoxy) is 1. The van der Waals surface area contributed by atoms with Crippen LogP contribution in [0.1, 0.15) is 24.8 Å². The molecule has 178 valence electrons. The maximum atomic E-state index is 12.9. The van der Waals surface area contributed by atoms with Crippen molar-refractivity contribution in [2.45, 2.75) is 37.6 Å². The predicted molar refractivity (Wildman–Crippen MR) is 121 cm³/mol. The molecule has 0 unspecified atom stereocenters. The molecule has 2 aromatic carbocycles. The van der Waals surface area contributed by atoms with E-state index >= 15 is 0 Å². The van der Waals surface area contributed by atoms with Gasteiger partial charge in [-0.25, -0.2) is 0 Å². The molecule has 0 aliphatic heterocycles. The second kappa shape index (κ2) is 10.3. The minimum absolute atomic E-state index is 0.142. The molecule has 4 rings (SSSR count). The van der Waals surface area contributed by atoms with Crippen LogP contribution in [0.4, 0.5) is 13.2 Å². The SMILES string of the molecule is CCn1c(SCCCc2nc(-c3cccc(C(F)(F)F)c3)no2)nnc1-c1ccc(OC)cc1. The van der Waals surface area contributed by atoms with Crippen LogP contribution in [0.3, 0.4) is 0 Å². The number of methoxy groups -OCH3 is 1. The highest BCUT2D eigenvalue weighted by atomic mass is 32.2. The number of alkyl halides is 3. The van der Waals surface area contributed by atoms with Gasteiger partial charge in [-0.1, -0.05) is 29.1 Å². The average Bonchev–Trinajstić information content (AvgIpc) is 3.48. The molecule has 4 aromatic rings. The van der Waals surface area contributed by atoms with Gasteiger partial charge >= 0.3 is 6.18 Å². The lowest BCUT2D eigenvalue weighted by molar-refractivity contribution is -0.137. The first-order valence-corrected chi connectivity index (χ1v) is 11.6. The summed E-state index contributed by atoms with van der Waals surface area (Å²) < 4.78 is 51.3. The molecular formula is C23H22F3N5O2S. The quantitative estimate of drug-likeness (QED) is 0.218. The van der Waals surface area contributed by atoms with Crippen LogP contribution in [0.2, 0.25) is 0 Å². The monoisotopic (exact) mass is 489 g/mol. The molecule has 0 atom stereocenters. The fourth-order valence-corrected chi connectivity index (χ4v) is 4.27. The number of hydrogen-bond acceptors (Lipinski definition) is 7. The summed E-state index contributed by atoms with van der Waals surface area (Å²) in [5, 5.41) is 13.3. The summed E-state index contributed by atoms with van der Waals surface area (Å²) >= 11 is 1.57. The van der Waals surface area contributed by atoms with Gasteiger partial charge in [-0.3, -0.25) is 0 Å². The molecule has 0 spiro atoms. The summed E-state index contributed by atoms with van der Waals surface area (Å²) in [7, 11) is 1.62. The first-order chi connectivity index (χ1) is 16.4. The van der Waals surface area contributed by atoms with Crippen molar-refractivity contribution in [3.05, 3.63) is 60.0 Å². The molecule has 0 saturated heterocycles. The fraction of sp³-hybridized carbons (Fsp3) is 0.304. The molecule has 7 nitrogen and oxygen atoms in total. The van der Waals surface area contributed by atoms with Gasteiger partial charge < -0.3 is 13.8 Å². The number of rotatable bonds is 9. The van der Waals surface area contributed by atoms with Gasteiger partial charge in [0, 0.05) is 29.8 Å². The van der Waals surface area contributed by atoms with Crippen LogP contribution in [0.15, 0.2) is 58.2 Å². The van der Waals surface area contributed by atoms with Crippen LogP contribution < -0.4 is 4.74 Å². The van der Waals surface area contributed by atoms with Crippen LogP contribution in [0.5, 0.6) is 5.75 Å². The van der Waals surface area contributed by atoms with Gasteiger partial charge in [0.2, 0.25) is 11.7 Å². The molecule has 0 N–H and O–H groups in total. The summed E-state index contributed by atoms with van der Waals surface area (Å²) in [6.07, 6.45) is -3.19.